The average molecular weight is 267 g/mol. The maximum atomic E-state index is 6.03. The fraction of sp³-hybridized carbons (Fsp3) is 0.364. The predicted molar refractivity (Wildman–Crippen MR) is 64.1 cm³/mol. The zero-order valence-electron chi connectivity index (χ0n) is 9.47. The summed E-state index contributed by atoms with van der Waals surface area (Å²) in [5, 5.41) is 7.57. The van der Waals surface area contributed by atoms with Gasteiger partial charge in [0.05, 0.1) is 11.6 Å². The van der Waals surface area contributed by atoms with Crippen LogP contribution in [0.3, 0.4) is 0 Å². The molecule has 0 spiro atoms. The third-order valence-corrected chi connectivity index (χ3v) is 2.92. The van der Waals surface area contributed by atoms with Crippen molar-refractivity contribution in [2.75, 3.05) is 19.7 Å². The van der Waals surface area contributed by atoms with E-state index in [1.54, 1.807) is 18.3 Å². The van der Waals surface area contributed by atoms with Crippen molar-refractivity contribution in [2.24, 2.45) is 0 Å². The van der Waals surface area contributed by atoms with E-state index in [2.05, 4.69) is 20.4 Å². The van der Waals surface area contributed by atoms with E-state index in [9.17, 15) is 0 Å². The van der Waals surface area contributed by atoms with E-state index < -0.39 is 0 Å². The lowest BCUT2D eigenvalue weighted by atomic mass is 10.3. The standard InChI is InChI=1S/C11H11ClN4O2/c12-7-2-1-3-14-9(7)10-15-11(18-16-10)8-6-13-4-5-17-8/h1-3,8,13H,4-6H2. The number of hydrogen-bond acceptors (Lipinski definition) is 6. The van der Waals surface area contributed by atoms with Gasteiger partial charge < -0.3 is 14.6 Å². The molecule has 0 aromatic carbocycles. The van der Waals surface area contributed by atoms with Crippen LogP contribution < -0.4 is 5.32 Å². The number of nitrogens with zero attached hydrogens (tertiary/aromatic N) is 3. The molecule has 1 atom stereocenters. The molecule has 1 N–H and O–H groups in total. The first-order valence-electron chi connectivity index (χ1n) is 5.61. The Bertz CT molecular complexity index is 539. The molecule has 1 saturated heterocycles. The zero-order valence-corrected chi connectivity index (χ0v) is 10.2. The van der Waals surface area contributed by atoms with E-state index in [0.717, 1.165) is 6.54 Å². The molecule has 18 heavy (non-hydrogen) atoms. The molecule has 1 fully saturated rings. The van der Waals surface area contributed by atoms with Gasteiger partial charge in [-0.05, 0) is 12.1 Å². The van der Waals surface area contributed by atoms with Crippen molar-refractivity contribution in [2.45, 2.75) is 6.10 Å². The Morgan fingerprint density at radius 3 is 3.17 bits per heavy atom. The Labute approximate surface area is 108 Å². The Morgan fingerprint density at radius 2 is 2.39 bits per heavy atom. The van der Waals surface area contributed by atoms with Gasteiger partial charge in [0, 0.05) is 19.3 Å². The van der Waals surface area contributed by atoms with E-state index in [1.807, 2.05) is 0 Å². The van der Waals surface area contributed by atoms with Crippen LogP contribution in [0.5, 0.6) is 0 Å². The molecule has 2 aromatic heterocycles. The maximum Gasteiger partial charge on any atom is 0.257 e. The number of halogens is 1. The SMILES string of the molecule is Clc1cccnc1-c1noc(C2CNCCO2)n1. The van der Waals surface area contributed by atoms with Gasteiger partial charge in [-0.3, -0.25) is 4.98 Å². The Morgan fingerprint density at radius 1 is 1.44 bits per heavy atom. The molecular weight excluding hydrogens is 256 g/mol. The highest BCUT2D eigenvalue weighted by Gasteiger charge is 2.23. The number of rotatable bonds is 2. The van der Waals surface area contributed by atoms with E-state index in [4.69, 9.17) is 20.9 Å². The van der Waals surface area contributed by atoms with Gasteiger partial charge in [-0.25, -0.2) is 0 Å². The average Bonchev–Trinajstić information content (AvgIpc) is 2.90. The number of morpholine rings is 1. The van der Waals surface area contributed by atoms with Crippen LogP contribution >= 0.6 is 11.6 Å². The molecule has 7 heteroatoms. The molecule has 0 bridgehead atoms. The topological polar surface area (TPSA) is 73.1 Å². The van der Waals surface area contributed by atoms with Crippen LogP contribution in [0.25, 0.3) is 11.5 Å². The van der Waals surface area contributed by atoms with Crippen LogP contribution in [0.2, 0.25) is 5.02 Å². The van der Waals surface area contributed by atoms with E-state index in [1.165, 1.54) is 0 Å². The van der Waals surface area contributed by atoms with Crippen LogP contribution in [-0.2, 0) is 4.74 Å². The highest BCUT2D eigenvalue weighted by molar-refractivity contribution is 6.32. The number of pyridine rings is 1. The molecule has 0 aliphatic carbocycles. The second kappa shape index (κ2) is 5.01. The Balaban J connectivity index is 1.87. The van der Waals surface area contributed by atoms with Crippen LogP contribution in [0.4, 0.5) is 0 Å². The molecule has 94 valence electrons. The lowest BCUT2D eigenvalue weighted by Crippen LogP contribution is -2.33. The number of hydrogen-bond donors (Lipinski definition) is 1. The maximum absolute atomic E-state index is 6.03. The molecule has 2 aromatic rings. The minimum atomic E-state index is -0.206. The molecule has 6 nitrogen and oxygen atoms in total. The molecule has 3 rings (SSSR count). The van der Waals surface area contributed by atoms with Gasteiger partial charge in [-0.2, -0.15) is 4.98 Å². The van der Waals surface area contributed by atoms with E-state index >= 15 is 0 Å². The van der Waals surface area contributed by atoms with Crippen LogP contribution in [0.15, 0.2) is 22.9 Å². The summed E-state index contributed by atoms with van der Waals surface area (Å²) in [6.45, 7) is 2.13. The summed E-state index contributed by atoms with van der Waals surface area (Å²) in [4.78, 5) is 8.41. The van der Waals surface area contributed by atoms with Gasteiger partial charge >= 0.3 is 0 Å². The molecule has 1 aliphatic rings. The molecule has 1 aliphatic heterocycles. The lowest BCUT2D eigenvalue weighted by molar-refractivity contribution is 0.00755. The summed E-state index contributed by atoms with van der Waals surface area (Å²) in [6.07, 6.45) is 1.43. The molecule has 0 amide bonds. The molecule has 0 radical (unpaired) electrons. The van der Waals surface area contributed by atoms with Crippen molar-refractivity contribution >= 4 is 11.6 Å². The summed E-state index contributed by atoms with van der Waals surface area (Å²) in [7, 11) is 0. The molecule has 0 saturated carbocycles. The summed E-state index contributed by atoms with van der Waals surface area (Å²) in [5.41, 5.74) is 0.512. The summed E-state index contributed by atoms with van der Waals surface area (Å²) >= 11 is 6.03. The van der Waals surface area contributed by atoms with Gasteiger partial charge in [0.25, 0.3) is 5.89 Å². The first-order chi connectivity index (χ1) is 8.84. The molecule has 3 heterocycles. The third-order valence-electron chi connectivity index (χ3n) is 2.62. The van der Waals surface area contributed by atoms with Crippen LogP contribution in [0, 0.1) is 0 Å². The third kappa shape index (κ3) is 2.22. The monoisotopic (exact) mass is 266 g/mol. The lowest BCUT2D eigenvalue weighted by Gasteiger charge is -2.19. The quantitative estimate of drug-likeness (QED) is 0.887. The van der Waals surface area contributed by atoms with Crippen molar-refractivity contribution in [3.05, 3.63) is 29.2 Å². The highest BCUT2D eigenvalue weighted by Crippen LogP contribution is 2.24. The second-order valence-corrected chi connectivity index (χ2v) is 4.26. The largest absolute Gasteiger partial charge is 0.366 e. The summed E-state index contributed by atoms with van der Waals surface area (Å²) < 4.78 is 10.7. The van der Waals surface area contributed by atoms with Crippen molar-refractivity contribution in [3.63, 3.8) is 0 Å². The van der Waals surface area contributed by atoms with Crippen LogP contribution in [0.1, 0.15) is 12.0 Å². The highest BCUT2D eigenvalue weighted by atomic mass is 35.5. The Kier molecular flexibility index (Phi) is 3.22. The normalized spacial score (nSPS) is 19.9. The van der Waals surface area contributed by atoms with Gasteiger partial charge in [-0.1, -0.05) is 16.8 Å². The van der Waals surface area contributed by atoms with Gasteiger partial charge in [-0.15, -0.1) is 0 Å². The Hall–Kier alpha value is -1.50. The molecular formula is C11H11ClN4O2. The predicted octanol–water partition coefficient (Wildman–Crippen LogP) is 1.45. The van der Waals surface area contributed by atoms with Crippen molar-refractivity contribution in [1.82, 2.24) is 20.4 Å². The van der Waals surface area contributed by atoms with Crippen molar-refractivity contribution in [3.8, 4) is 11.5 Å². The fourth-order valence-electron chi connectivity index (χ4n) is 1.74. The van der Waals surface area contributed by atoms with E-state index in [0.29, 0.717) is 35.6 Å². The van der Waals surface area contributed by atoms with Crippen molar-refractivity contribution in [1.29, 1.82) is 0 Å². The number of nitrogens with one attached hydrogen (secondary N) is 1. The summed E-state index contributed by atoms with van der Waals surface area (Å²) in [6, 6.07) is 3.49. The summed E-state index contributed by atoms with van der Waals surface area (Å²) in [5.74, 6) is 0.823. The molecule has 1 unspecified atom stereocenters. The second-order valence-electron chi connectivity index (χ2n) is 3.85. The first kappa shape index (κ1) is 11.6. The fourth-order valence-corrected chi connectivity index (χ4v) is 1.94. The minimum absolute atomic E-state index is 0.206. The number of ether oxygens (including phenoxy) is 1. The van der Waals surface area contributed by atoms with Crippen LogP contribution in [-0.4, -0.2) is 34.8 Å². The van der Waals surface area contributed by atoms with E-state index in [-0.39, 0.29) is 6.10 Å². The zero-order chi connectivity index (χ0) is 12.4. The smallest absolute Gasteiger partial charge is 0.257 e. The van der Waals surface area contributed by atoms with Gasteiger partial charge in [0.1, 0.15) is 11.8 Å². The minimum Gasteiger partial charge on any atom is -0.366 e. The van der Waals surface area contributed by atoms with Crippen molar-refractivity contribution < 1.29 is 9.26 Å². The van der Waals surface area contributed by atoms with Gasteiger partial charge in [0.2, 0.25) is 5.82 Å². The number of aromatic nitrogens is 3. The van der Waals surface area contributed by atoms with Gasteiger partial charge in [0.15, 0.2) is 0 Å². The first-order valence-corrected chi connectivity index (χ1v) is 5.99.